The summed E-state index contributed by atoms with van der Waals surface area (Å²) in [6, 6.07) is 4.17. The quantitative estimate of drug-likeness (QED) is 0.654. The summed E-state index contributed by atoms with van der Waals surface area (Å²) in [6.07, 6.45) is 1.74. The molecule has 0 radical (unpaired) electrons. The molecule has 1 aromatic heterocycles. The maximum absolute atomic E-state index is 13.3. The highest BCUT2D eigenvalue weighted by Crippen LogP contribution is 2.32. The number of methoxy groups -OCH3 is 2. The van der Waals surface area contributed by atoms with Crippen LogP contribution in [0.15, 0.2) is 28.0 Å². The third kappa shape index (κ3) is 3.81. The number of aryl methyl sites for hydroxylation is 1. The second kappa shape index (κ2) is 8.20. The normalized spacial score (nSPS) is 18.4. The lowest BCUT2D eigenvalue weighted by atomic mass is 10.0. The molecule has 0 spiro atoms. The highest BCUT2D eigenvalue weighted by molar-refractivity contribution is 7.90. The molecule has 0 bridgehead atoms. The van der Waals surface area contributed by atoms with E-state index in [4.69, 9.17) is 9.47 Å². The molecule has 2 aromatic rings. The summed E-state index contributed by atoms with van der Waals surface area (Å²) >= 11 is 0. The van der Waals surface area contributed by atoms with Crippen molar-refractivity contribution in [3.63, 3.8) is 0 Å². The number of ether oxygens (including phenoxy) is 2. The van der Waals surface area contributed by atoms with Crippen molar-refractivity contribution in [1.82, 2.24) is 13.5 Å². The molecule has 0 unspecified atom stereocenters. The van der Waals surface area contributed by atoms with E-state index in [1.54, 1.807) is 0 Å². The van der Waals surface area contributed by atoms with Gasteiger partial charge < -0.3 is 9.47 Å². The predicted molar refractivity (Wildman–Crippen MR) is 111 cm³/mol. The number of piperidine rings is 1. The van der Waals surface area contributed by atoms with Crippen LogP contribution in [0.1, 0.15) is 31.2 Å². The van der Waals surface area contributed by atoms with Crippen LogP contribution in [0.4, 0.5) is 0 Å². The van der Waals surface area contributed by atoms with Gasteiger partial charge in [-0.05, 0) is 44.7 Å². The first-order valence-electron chi connectivity index (χ1n) is 9.58. The topological polar surface area (TPSA) is 108 Å². The van der Waals surface area contributed by atoms with Gasteiger partial charge in [-0.3, -0.25) is 0 Å². The molecule has 0 amide bonds. The van der Waals surface area contributed by atoms with E-state index in [0.717, 1.165) is 16.9 Å². The van der Waals surface area contributed by atoms with E-state index in [2.05, 4.69) is 5.10 Å². The Morgan fingerprint density at radius 1 is 1.03 bits per heavy atom. The number of hydrogen-bond donors (Lipinski definition) is 0. The first kappa shape index (κ1) is 22.6. The van der Waals surface area contributed by atoms with Gasteiger partial charge in [0.25, 0.3) is 10.0 Å². The van der Waals surface area contributed by atoms with Crippen molar-refractivity contribution in [3.05, 3.63) is 29.6 Å². The number of aromatic nitrogens is 2. The molecular formula is C19H27N3O6S2. The van der Waals surface area contributed by atoms with Crippen molar-refractivity contribution < 1.29 is 26.3 Å². The molecule has 9 nitrogen and oxygen atoms in total. The van der Waals surface area contributed by atoms with Crippen LogP contribution in [-0.4, -0.2) is 57.6 Å². The second-order valence-corrected chi connectivity index (χ2v) is 11.1. The number of sulfonamides is 1. The van der Waals surface area contributed by atoms with Crippen molar-refractivity contribution in [1.29, 1.82) is 0 Å². The van der Waals surface area contributed by atoms with Gasteiger partial charge in [0.15, 0.2) is 11.5 Å². The van der Waals surface area contributed by atoms with Crippen LogP contribution in [0.3, 0.4) is 0 Å². The molecule has 1 aromatic carbocycles. The molecule has 1 aliphatic rings. The molecule has 1 aliphatic heterocycles. The van der Waals surface area contributed by atoms with Crippen molar-refractivity contribution in [2.45, 2.75) is 43.4 Å². The average Bonchev–Trinajstić information content (AvgIpc) is 3.02. The Balaban J connectivity index is 2.09. The second-order valence-electron chi connectivity index (χ2n) is 7.48. The lowest BCUT2D eigenvalue weighted by Crippen LogP contribution is -2.39. The van der Waals surface area contributed by atoms with E-state index in [1.165, 1.54) is 50.6 Å². The number of rotatable bonds is 6. The Morgan fingerprint density at radius 3 is 2.30 bits per heavy atom. The zero-order valence-corrected chi connectivity index (χ0v) is 19.4. The first-order valence-corrected chi connectivity index (χ1v) is 12.5. The average molecular weight is 458 g/mol. The third-order valence-corrected chi connectivity index (χ3v) is 9.06. The van der Waals surface area contributed by atoms with Crippen LogP contribution in [0.25, 0.3) is 0 Å². The lowest BCUT2D eigenvalue weighted by molar-refractivity contribution is 0.281. The van der Waals surface area contributed by atoms with Crippen LogP contribution in [-0.2, 0) is 20.0 Å². The van der Waals surface area contributed by atoms with Crippen LogP contribution in [0.5, 0.6) is 11.5 Å². The van der Waals surface area contributed by atoms with Crippen LogP contribution < -0.4 is 9.47 Å². The molecule has 1 saturated heterocycles. The fraction of sp³-hybridized carbons (Fsp3) is 0.526. The molecule has 0 saturated carbocycles. The number of hydrogen-bond acceptors (Lipinski definition) is 7. The summed E-state index contributed by atoms with van der Waals surface area (Å²) in [6.45, 7) is 5.80. The largest absolute Gasteiger partial charge is 0.493 e. The van der Waals surface area contributed by atoms with E-state index >= 15 is 0 Å². The van der Waals surface area contributed by atoms with Gasteiger partial charge >= 0.3 is 0 Å². The van der Waals surface area contributed by atoms with Crippen LogP contribution in [0.2, 0.25) is 0 Å². The van der Waals surface area contributed by atoms with E-state index in [1.807, 2.05) is 6.92 Å². The minimum Gasteiger partial charge on any atom is -0.493 e. The maximum atomic E-state index is 13.3. The fourth-order valence-electron chi connectivity index (χ4n) is 3.78. The summed E-state index contributed by atoms with van der Waals surface area (Å²) in [7, 11) is -5.15. The highest BCUT2D eigenvalue weighted by atomic mass is 32.2. The molecular weight excluding hydrogens is 430 g/mol. The molecule has 30 heavy (non-hydrogen) atoms. The maximum Gasteiger partial charge on any atom is 0.283 e. The van der Waals surface area contributed by atoms with E-state index in [9.17, 15) is 16.8 Å². The van der Waals surface area contributed by atoms with Gasteiger partial charge in [0, 0.05) is 19.2 Å². The Labute approximate surface area is 177 Å². The Kier molecular flexibility index (Phi) is 6.17. The molecule has 0 aliphatic carbocycles. The molecule has 2 heterocycles. The summed E-state index contributed by atoms with van der Waals surface area (Å²) in [5.41, 5.74) is 0.204. The van der Waals surface area contributed by atoms with Gasteiger partial charge in [-0.1, -0.05) is 6.92 Å². The molecule has 11 heteroatoms. The Bertz CT molecular complexity index is 1160. The van der Waals surface area contributed by atoms with Crippen molar-refractivity contribution in [2.75, 3.05) is 27.3 Å². The Morgan fingerprint density at radius 2 is 1.70 bits per heavy atom. The first-order chi connectivity index (χ1) is 14.0. The molecule has 1 atom stereocenters. The summed E-state index contributed by atoms with van der Waals surface area (Å²) in [4.78, 5) is -0.137. The lowest BCUT2D eigenvalue weighted by Gasteiger charge is -2.30. The van der Waals surface area contributed by atoms with E-state index in [-0.39, 0.29) is 32.8 Å². The SMILES string of the molecule is COc1ccc(S(=O)(=O)n2nc(C)c(S(=O)(=O)N3CCC[C@@H](C)C3)c2C)cc1OC. The Hall–Kier alpha value is -2.11. The monoisotopic (exact) mass is 457 g/mol. The van der Waals surface area contributed by atoms with Gasteiger partial charge in [-0.2, -0.15) is 21.9 Å². The van der Waals surface area contributed by atoms with Crippen molar-refractivity contribution >= 4 is 20.0 Å². The summed E-state index contributed by atoms with van der Waals surface area (Å²) in [5, 5.41) is 4.09. The van der Waals surface area contributed by atoms with Gasteiger partial charge in [0.1, 0.15) is 4.90 Å². The molecule has 3 rings (SSSR count). The zero-order chi connectivity index (χ0) is 22.3. The minimum atomic E-state index is -4.14. The number of nitrogens with zero attached hydrogens (tertiary/aromatic N) is 3. The van der Waals surface area contributed by atoms with E-state index in [0.29, 0.717) is 18.8 Å². The van der Waals surface area contributed by atoms with Gasteiger partial charge in [0.05, 0.1) is 30.5 Å². The smallest absolute Gasteiger partial charge is 0.283 e. The van der Waals surface area contributed by atoms with Crippen LogP contribution >= 0.6 is 0 Å². The molecule has 1 fully saturated rings. The van der Waals surface area contributed by atoms with Gasteiger partial charge in [-0.15, -0.1) is 0 Å². The standard InChI is InChI=1S/C19H27N3O6S2/c1-13-7-6-10-21(12-13)30(25,26)19-14(2)20-22(15(19)3)29(23,24)16-8-9-17(27-4)18(11-16)28-5/h8-9,11,13H,6-7,10,12H2,1-5H3/t13-/m1/s1. The zero-order valence-electron chi connectivity index (χ0n) is 17.7. The minimum absolute atomic E-state index is 0.0550. The predicted octanol–water partition coefficient (Wildman–Crippen LogP) is 2.17. The number of benzene rings is 1. The van der Waals surface area contributed by atoms with Gasteiger partial charge in [0.2, 0.25) is 10.0 Å². The van der Waals surface area contributed by atoms with Crippen molar-refractivity contribution in [3.8, 4) is 11.5 Å². The third-order valence-electron chi connectivity index (χ3n) is 5.28. The summed E-state index contributed by atoms with van der Waals surface area (Å²) < 4.78 is 65.6. The highest BCUT2D eigenvalue weighted by Gasteiger charge is 2.35. The van der Waals surface area contributed by atoms with E-state index < -0.39 is 20.0 Å². The molecule has 166 valence electrons. The van der Waals surface area contributed by atoms with Gasteiger partial charge in [-0.25, -0.2) is 8.42 Å². The van der Waals surface area contributed by atoms with Crippen LogP contribution in [0, 0.1) is 19.8 Å². The fourth-order valence-corrected chi connectivity index (χ4v) is 7.17. The summed E-state index contributed by atoms with van der Waals surface area (Å²) in [5.74, 6) is 0.877. The van der Waals surface area contributed by atoms with Crippen molar-refractivity contribution in [2.24, 2.45) is 5.92 Å². The molecule has 0 N–H and O–H groups in total.